The van der Waals surface area contributed by atoms with Crippen molar-refractivity contribution < 1.29 is 13.9 Å². The number of methoxy groups -OCH3 is 2. The van der Waals surface area contributed by atoms with Crippen molar-refractivity contribution in [1.82, 2.24) is 9.80 Å². The Labute approximate surface area is 155 Å². The van der Waals surface area contributed by atoms with E-state index in [0.29, 0.717) is 17.7 Å². The fourth-order valence-electron chi connectivity index (χ4n) is 3.76. The molecule has 2 atom stereocenters. The summed E-state index contributed by atoms with van der Waals surface area (Å²) < 4.78 is 24.0. The van der Waals surface area contributed by atoms with Gasteiger partial charge in [0.25, 0.3) is 0 Å². The maximum absolute atomic E-state index is 13.6. The number of halogens is 1. The van der Waals surface area contributed by atoms with Gasteiger partial charge in [0.2, 0.25) is 0 Å². The van der Waals surface area contributed by atoms with E-state index >= 15 is 0 Å². The lowest BCUT2D eigenvalue weighted by atomic mass is 9.93. The Balaban J connectivity index is 1.76. The van der Waals surface area contributed by atoms with Crippen LogP contribution in [0.1, 0.15) is 17.0 Å². The highest BCUT2D eigenvalue weighted by atomic mass is 19.1. The molecule has 140 valence electrons. The molecule has 0 saturated carbocycles. The Kier molecular flexibility index (Phi) is 5.79. The molecule has 26 heavy (non-hydrogen) atoms. The number of rotatable bonds is 6. The van der Waals surface area contributed by atoms with Crippen LogP contribution in [0, 0.1) is 5.82 Å². The largest absolute Gasteiger partial charge is 0.497 e. The summed E-state index contributed by atoms with van der Waals surface area (Å²) in [5, 5.41) is 0. The van der Waals surface area contributed by atoms with Crippen molar-refractivity contribution in [2.24, 2.45) is 0 Å². The average Bonchev–Trinajstić information content (AvgIpc) is 3.07. The quantitative estimate of drug-likeness (QED) is 0.790. The van der Waals surface area contributed by atoms with Gasteiger partial charge in [-0.3, -0.25) is 4.90 Å². The second-order valence-electron chi connectivity index (χ2n) is 7.07. The number of likely N-dealkylation sites (tertiary alicyclic amines) is 1. The van der Waals surface area contributed by atoms with Crippen LogP contribution in [-0.2, 0) is 6.54 Å². The lowest BCUT2D eigenvalue weighted by molar-refractivity contribution is 0.259. The summed E-state index contributed by atoms with van der Waals surface area (Å²) in [5.74, 6) is 1.29. The first-order valence-electron chi connectivity index (χ1n) is 8.87. The Morgan fingerprint density at radius 2 is 1.77 bits per heavy atom. The Morgan fingerprint density at radius 3 is 2.38 bits per heavy atom. The number of hydrogen-bond acceptors (Lipinski definition) is 4. The van der Waals surface area contributed by atoms with Gasteiger partial charge in [0.05, 0.1) is 14.2 Å². The second-order valence-corrected chi connectivity index (χ2v) is 7.07. The molecule has 0 radical (unpaired) electrons. The van der Waals surface area contributed by atoms with E-state index < -0.39 is 0 Å². The predicted molar refractivity (Wildman–Crippen MR) is 101 cm³/mol. The van der Waals surface area contributed by atoms with E-state index in [-0.39, 0.29) is 5.82 Å². The minimum Gasteiger partial charge on any atom is -0.497 e. The maximum Gasteiger partial charge on any atom is 0.165 e. The fourth-order valence-corrected chi connectivity index (χ4v) is 3.76. The summed E-state index contributed by atoms with van der Waals surface area (Å²) in [6.45, 7) is 2.73. The smallest absolute Gasteiger partial charge is 0.165 e. The summed E-state index contributed by atoms with van der Waals surface area (Å²) in [4.78, 5) is 4.71. The first-order chi connectivity index (χ1) is 12.5. The van der Waals surface area contributed by atoms with Crippen molar-refractivity contribution in [3.8, 4) is 11.5 Å². The van der Waals surface area contributed by atoms with E-state index in [4.69, 9.17) is 9.47 Å². The number of likely N-dealkylation sites (N-methyl/N-ethyl adjacent to an activating group) is 1. The molecule has 4 nitrogen and oxygen atoms in total. The van der Waals surface area contributed by atoms with Crippen LogP contribution in [0.2, 0.25) is 0 Å². The molecule has 3 rings (SSSR count). The summed E-state index contributed by atoms with van der Waals surface area (Å²) in [5.41, 5.74) is 2.39. The molecule has 0 N–H and O–H groups in total. The molecule has 1 saturated heterocycles. The predicted octanol–water partition coefficient (Wildman–Crippen LogP) is 3.37. The normalized spacial score (nSPS) is 20.5. The van der Waals surface area contributed by atoms with E-state index in [0.717, 1.165) is 30.9 Å². The molecule has 2 unspecified atom stereocenters. The standard InChI is InChI=1S/C21H27FN2O2/c1-23(2)20-14-24(12-15-5-10-19(22)21(11-15)26-4)13-18(20)16-6-8-17(25-3)9-7-16/h5-11,18,20H,12-14H2,1-4H3. The molecule has 0 amide bonds. The van der Waals surface area contributed by atoms with Crippen molar-refractivity contribution in [3.05, 3.63) is 59.4 Å². The molecule has 1 aliphatic rings. The minimum atomic E-state index is -0.319. The molecular formula is C21H27FN2O2. The van der Waals surface area contributed by atoms with Crippen molar-refractivity contribution in [2.75, 3.05) is 41.4 Å². The van der Waals surface area contributed by atoms with Gasteiger partial charge >= 0.3 is 0 Å². The van der Waals surface area contributed by atoms with Crippen LogP contribution in [0.25, 0.3) is 0 Å². The van der Waals surface area contributed by atoms with Crippen LogP contribution in [0.3, 0.4) is 0 Å². The Bertz CT molecular complexity index is 733. The third-order valence-electron chi connectivity index (χ3n) is 5.19. The maximum atomic E-state index is 13.6. The molecule has 0 aliphatic carbocycles. The topological polar surface area (TPSA) is 24.9 Å². The zero-order valence-electron chi connectivity index (χ0n) is 15.9. The molecule has 0 spiro atoms. The second kappa shape index (κ2) is 8.06. The summed E-state index contributed by atoms with van der Waals surface area (Å²) >= 11 is 0. The van der Waals surface area contributed by atoms with E-state index in [9.17, 15) is 4.39 Å². The first kappa shape index (κ1) is 18.7. The van der Waals surface area contributed by atoms with E-state index in [1.54, 1.807) is 13.2 Å². The van der Waals surface area contributed by atoms with Gasteiger partial charge in [-0.25, -0.2) is 4.39 Å². The van der Waals surface area contributed by atoms with Crippen molar-refractivity contribution in [3.63, 3.8) is 0 Å². The van der Waals surface area contributed by atoms with Crippen molar-refractivity contribution in [1.29, 1.82) is 0 Å². The molecule has 1 aliphatic heterocycles. The van der Waals surface area contributed by atoms with Crippen molar-refractivity contribution >= 4 is 0 Å². The molecule has 5 heteroatoms. The lowest BCUT2D eigenvalue weighted by Crippen LogP contribution is -2.34. The molecule has 1 fully saturated rings. The zero-order chi connectivity index (χ0) is 18.7. The van der Waals surface area contributed by atoms with E-state index in [1.165, 1.54) is 18.7 Å². The Hall–Kier alpha value is -2.11. The summed E-state index contributed by atoms with van der Waals surface area (Å²) in [6.07, 6.45) is 0. The van der Waals surface area contributed by atoms with Gasteiger partial charge in [-0.2, -0.15) is 0 Å². The van der Waals surface area contributed by atoms with Gasteiger partial charge in [0.1, 0.15) is 5.75 Å². The molecule has 2 aromatic carbocycles. The monoisotopic (exact) mass is 358 g/mol. The van der Waals surface area contributed by atoms with Gasteiger partial charge in [-0.1, -0.05) is 18.2 Å². The van der Waals surface area contributed by atoms with Crippen molar-refractivity contribution in [2.45, 2.75) is 18.5 Å². The van der Waals surface area contributed by atoms with Crippen LogP contribution in [0.15, 0.2) is 42.5 Å². The zero-order valence-corrected chi connectivity index (χ0v) is 15.9. The SMILES string of the molecule is COc1ccc(C2CN(Cc3ccc(F)c(OC)c3)CC2N(C)C)cc1. The molecule has 2 aromatic rings. The van der Waals surface area contributed by atoms with Gasteiger partial charge in [-0.15, -0.1) is 0 Å². The molecule has 0 aromatic heterocycles. The third-order valence-corrected chi connectivity index (χ3v) is 5.19. The minimum absolute atomic E-state index is 0.303. The van der Waals surface area contributed by atoms with Gasteiger partial charge in [0.15, 0.2) is 11.6 Å². The van der Waals surface area contributed by atoms with Crippen LogP contribution in [0.5, 0.6) is 11.5 Å². The van der Waals surface area contributed by atoms with Crippen LogP contribution >= 0.6 is 0 Å². The Morgan fingerprint density at radius 1 is 1.04 bits per heavy atom. The van der Waals surface area contributed by atoms with Gasteiger partial charge < -0.3 is 14.4 Å². The highest BCUT2D eigenvalue weighted by molar-refractivity contribution is 5.33. The number of benzene rings is 2. The number of nitrogens with zero attached hydrogens (tertiary/aromatic N) is 2. The van der Waals surface area contributed by atoms with Crippen LogP contribution < -0.4 is 9.47 Å². The molecular weight excluding hydrogens is 331 g/mol. The van der Waals surface area contributed by atoms with Gasteiger partial charge in [0, 0.05) is 31.6 Å². The van der Waals surface area contributed by atoms with E-state index in [1.807, 2.05) is 18.2 Å². The number of hydrogen-bond donors (Lipinski definition) is 0. The van der Waals surface area contributed by atoms with Crippen LogP contribution in [0.4, 0.5) is 4.39 Å². The summed E-state index contributed by atoms with van der Waals surface area (Å²) in [7, 11) is 7.45. The molecule has 1 heterocycles. The highest BCUT2D eigenvalue weighted by Gasteiger charge is 2.35. The number of ether oxygens (including phenoxy) is 2. The average molecular weight is 358 g/mol. The fraction of sp³-hybridized carbons (Fsp3) is 0.429. The van der Waals surface area contributed by atoms with Crippen LogP contribution in [-0.4, -0.2) is 57.2 Å². The lowest BCUT2D eigenvalue weighted by Gasteiger charge is -2.25. The van der Waals surface area contributed by atoms with Gasteiger partial charge in [-0.05, 0) is 49.5 Å². The molecule has 0 bridgehead atoms. The first-order valence-corrected chi connectivity index (χ1v) is 8.87. The third kappa shape index (κ3) is 4.00. The highest BCUT2D eigenvalue weighted by Crippen LogP contribution is 2.32. The van der Waals surface area contributed by atoms with E-state index in [2.05, 4.69) is 36.0 Å². The summed E-state index contributed by atoms with van der Waals surface area (Å²) in [6, 6.07) is 13.9.